The van der Waals surface area contributed by atoms with Crippen molar-refractivity contribution in [2.24, 2.45) is 10.7 Å². The van der Waals surface area contributed by atoms with Crippen LogP contribution >= 0.6 is 0 Å². The fourth-order valence-corrected chi connectivity index (χ4v) is 5.67. The van der Waals surface area contributed by atoms with E-state index in [9.17, 15) is 15.0 Å². The van der Waals surface area contributed by atoms with Crippen molar-refractivity contribution in [3.8, 4) is 11.5 Å². The number of aryl methyl sites for hydroxylation is 1. The predicted octanol–water partition coefficient (Wildman–Crippen LogP) is 3.46. The number of benzene rings is 2. The molecular weight excluding hydrogens is 516 g/mol. The van der Waals surface area contributed by atoms with Crippen molar-refractivity contribution in [2.45, 2.75) is 70.6 Å². The van der Waals surface area contributed by atoms with Gasteiger partial charge in [-0.15, -0.1) is 0 Å². The third kappa shape index (κ3) is 7.14. The van der Waals surface area contributed by atoms with Crippen LogP contribution in [0.15, 0.2) is 71.1 Å². The molecule has 1 unspecified atom stereocenters. The van der Waals surface area contributed by atoms with Crippen molar-refractivity contribution in [1.29, 1.82) is 0 Å². The lowest BCUT2D eigenvalue weighted by molar-refractivity contribution is -0.851. The Balaban J connectivity index is 1.14. The number of quaternary nitrogens is 1. The molecule has 3 atom stereocenters. The van der Waals surface area contributed by atoms with E-state index >= 15 is 0 Å². The van der Waals surface area contributed by atoms with Crippen LogP contribution in [-0.4, -0.2) is 41.1 Å². The summed E-state index contributed by atoms with van der Waals surface area (Å²) in [5, 5.41) is 23.6. The molecule has 0 amide bonds. The molecule has 0 spiro atoms. The molecule has 0 saturated carbocycles. The Bertz CT molecular complexity index is 1390. The highest BCUT2D eigenvalue weighted by molar-refractivity contribution is 6.08. The SMILES string of the molecule is CCCCC[C@@H](O)CC(=O)CCc1ccc(O)c(OC[NH+]2C=C3C(Cc4cccc5c4C=CN[C@H]5N)=CN=C3C2)c1. The largest absolute Gasteiger partial charge is 0.504 e. The Labute approximate surface area is 241 Å². The van der Waals surface area contributed by atoms with Crippen molar-refractivity contribution in [3.63, 3.8) is 0 Å². The molecule has 6 N–H and O–H groups in total. The summed E-state index contributed by atoms with van der Waals surface area (Å²) in [5.74, 6) is 0.536. The average Bonchev–Trinajstić information content (AvgIpc) is 3.54. The van der Waals surface area contributed by atoms with E-state index in [1.54, 1.807) is 12.1 Å². The molecule has 5 rings (SSSR count). The summed E-state index contributed by atoms with van der Waals surface area (Å²) in [6.45, 7) is 3.18. The first-order valence-electron chi connectivity index (χ1n) is 14.7. The second-order valence-corrected chi connectivity index (χ2v) is 11.2. The maximum absolute atomic E-state index is 12.4. The lowest BCUT2D eigenvalue weighted by Gasteiger charge is -2.22. The highest BCUT2D eigenvalue weighted by Crippen LogP contribution is 2.30. The minimum atomic E-state index is -0.560. The van der Waals surface area contributed by atoms with Crippen LogP contribution in [0.3, 0.4) is 0 Å². The van der Waals surface area contributed by atoms with Crippen LogP contribution < -0.4 is 20.7 Å². The number of phenolic OH excluding ortho intramolecular Hbond substituents is 1. The third-order valence-electron chi connectivity index (χ3n) is 7.98. The van der Waals surface area contributed by atoms with Crippen molar-refractivity contribution in [1.82, 2.24) is 5.32 Å². The maximum atomic E-state index is 12.4. The van der Waals surface area contributed by atoms with Gasteiger partial charge >= 0.3 is 0 Å². The summed E-state index contributed by atoms with van der Waals surface area (Å²) in [5.41, 5.74) is 14.0. The summed E-state index contributed by atoms with van der Waals surface area (Å²) in [7, 11) is 0. The van der Waals surface area contributed by atoms with Crippen LogP contribution in [0, 0.1) is 0 Å². The lowest BCUT2D eigenvalue weighted by Crippen LogP contribution is -3.07. The number of Topliss-reactive ketones (excluding diaryl/α,β-unsaturated/α-hetero) is 1. The van der Waals surface area contributed by atoms with E-state index in [2.05, 4.69) is 47.7 Å². The number of allylic oxidation sites excluding steroid dienone is 1. The number of ether oxygens (including phenoxy) is 1. The number of aliphatic hydroxyl groups excluding tert-OH is 1. The fourth-order valence-electron chi connectivity index (χ4n) is 5.67. The number of ketones is 1. The van der Waals surface area contributed by atoms with Crippen LogP contribution in [0.25, 0.3) is 6.08 Å². The highest BCUT2D eigenvalue weighted by Gasteiger charge is 2.31. The summed E-state index contributed by atoms with van der Waals surface area (Å²) in [6, 6.07) is 11.5. The van der Waals surface area contributed by atoms with E-state index in [-0.39, 0.29) is 24.1 Å². The van der Waals surface area contributed by atoms with Gasteiger partial charge in [0.2, 0.25) is 6.73 Å². The number of phenols is 1. The molecule has 216 valence electrons. The number of aliphatic imine (C=N–C) groups is 1. The topological polar surface area (TPSA) is 122 Å². The molecule has 0 fully saturated rings. The van der Waals surface area contributed by atoms with Crippen LogP contribution in [0.4, 0.5) is 0 Å². The molecule has 0 bridgehead atoms. The van der Waals surface area contributed by atoms with Gasteiger partial charge in [0.15, 0.2) is 11.5 Å². The Morgan fingerprint density at radius 2 is 2.15 bits per heavy atom. The second kappa shape index (κ2) is 13.3. The maximum Gasteiger partial charge on any atom is 0.227 e. The fraction of sp³-hybridized carbons (Fsp3) is 0.394. The van der Waals surface area contributed by atoms with Gasteiger partial charge in [-0.25, -0.2) is 0 Å². The smallest absolute Gasteiger partial charge is 0.227 e. The predicted molar refractivity (Wildman–Crippen MR) is 160 cm³/mol. The first kappa shape index (κ1) is 28.8. The first-order valence-corrected chi connectivity index (χ1v) is 14.7. The van der Waals surface area contributed by atoms with E-state index in [0.717, 1.165) is 53.0 Å². The van der Waals surface area contributed by atoms with Gasteiger partial charge in [0, 0.05) is 25.5 Å². The molecule has 0 radical (unpaired) electrons. The quantitative estimate of drug-likeness (QED) is 0.227. The number of aliphatic hydroxyl groups is 1. The van der Waals surface area contributed by atoms with Gasteiger partial charge in [0.25, 0.3) is 0 Å². The van der Waals surface area contributed by atoms with Crippen molar-refractivity contribution in [3.05, 3.63) is 88.4 Å². The van der Waals surface area contributed by atoms with Crippen LogP contribution in [0.1, 0.15) is 73.9 Å². The number of carbonyl (C=O) groups excluding carboxylic acids is 1. The standard InChI is InChI=1S/C33H40N4O4/c1-2-3-4-7-25(38)17-26(39)11-9-22-10-12-31(40)32(15-22)41-21-37-19-29-24(18-36-30(29)20-37)16-23-6-5-8-28-27(23)13-14-35-33(28)34/h5-6,8,10,12-15,18-19,25,33,35,38,40H,2-4,7,9,11,16-17,20-21,34H2,1H3/p+1/t25-,33-/m1/s1. The third-order valence-corrected chi connectivity index (χ3v) is 7.98. The molecule has 3 aliphatic heterocycles. The number of aromatic hydroxyl groups is 1. The average molecular weight is 558 g/mol. The number of nitrogens with one attached hydrogen (secondary N) is 2. The zero-order chi connectivity index (χ0) is 28.8. The highest BCUT2D eigenvalue weighted by atomic mass is 16.5. The minimum absolute atomic E-state index is 0.0559. The Hall–Kier alpha value is -3.72. The number of nitrogens with zero attached hydrogens (tertiary/aromatic N) is 1. The van der Waals surface area contributed by atoms with Gasteiger partial charge in [-0.05, 0) is 65.1 Å². The molecule has 0 aliphatic carbocycles. The molecule has 2 aromatic rings. The van der Waals surface area contributed by atoms with Gasteiger partial charge < -0.3 is 26.0 Å². The van der Waals surface area contributed by atoms with Gasteiger partial charge in [-0.2, -0.15) is 0 Å². The molecule has 0 saturated heterocycles. The number of hydrogen-bond donors (Lipinski definition) is 5. The van der Waals surface area contributed by atoms with Crippen LogP contribution in [0.5, 0.6) is 11.5 Å². The number of fused-ring (bicyclic) bond motifs is 2. The van der Waals surface area contributed by atoms with Gasteiger partial charge in [0.1, 0.15) is 30.4 Å². The van der Waals surface area contributed by atoms with Crippen LogP contribution in [0.2, 0.25) is 0 Å². The van der Waals surface area contributed by atoms with Crippen molar-refractivity contribution in [2.75, 3.05) is 13.3 Å². The summed E-state index contributed by atoms with van der Waals surface area (Å²) in [6.07, 6.45) is 13.0. The number of hydrogen-bond acceptors (Lipinski definition) is 7. The Morgan fingerprint density at radius 1 is 1.27 bits per heavy atom. The molecule has 8 nitrogen and oxygen atoms in total. The van der Waals surface area contributed by atoms with Crippen molar-refractivity contribution >= 4 is 17.6 Å². The van der Waals surface area contributed by atoms with E-state index in [0.29, 0.717) is 38.3 Å². The van der Waals surface area contributed by atoms with Gasteiger partial charge in [-0.3, -0.25) is 14.7 Å². The number of unbranched alkanes of at least 4 members (excludes halogenated alkanes) is 2. The molecule has 0 aromatic heterocycles. The van der Waals surface area contributed by atoms with Crippen LogP contribution in [-0.2, 0) is 17.6 Å². The zero-order valence-electron chi connectivity index (χ0n) is 23.7. The molecule has 3 aliphatic rings. The summed E-state index contributed by atoms with van der Waals surface area (Å²) in [4.78, 5) is 18.1. The molecule has 2 aromatic carbocycles. The number of nitrogens with two attached hydrogens (primary N) is 1. The summed E-state index contributed by atoms with van der Waals surface area (Å²) < 4.78 is 6.03. The molecule has 3 heterocycles. The van der Waals surface area contributed by atoms with Gasteiger partial charge in [0.05, 0.1) is 11.7 Å². The second-order valence-electron chi connectivity index (χ2n) is 11.2. The zero-order valence-corrected chi connectivity index (χ0v) is 23.7. The summed E-state index contributed by atoms with van der Waals surface area (Å²) >= 11 is 0. The molecule has 8 heteroatoms. The van der Waals surface area contributed by atoms with E-state index in [1.807, 2.05) is 18.5 Å². The van der Waals surface area contributed by atoms with Gasteiger partial charge in [-0.1, -0.05) is 50.5 Å². The minimum Gasteiger partial charge on any atom is -0.504 e. The van der Waals surface area contributed by atoms with Crippen molar-refractivity contribution < 1.29 is 24.6 Å². The Morgan fingerprint density at radius 3 is 3.00 bits per heavy atom. The normalized spacial score (nSPS) is 19.5. The van der Waals surface area contributed by atoms with E-state index in [1.165, 1.54) is 16.7 Å². The van der Waals surface area contributed by atoms with E-state index < -0.39 is 6.10 Å². The number of carbonyl (C=O) groups is 1. The molecule has 41 heavy (non-hydrogen) atoms. The molecular formula is C33H41N4O4+. The Kier molecular flexibility index (Phi) is 9.34. The lowest BCUT2D eigenvalue weighted by atomic mass is 9.91. The first-order chi connectivity index (χ1) is 19.9. The van der Waals surface area contributed by atoms with E-state index in [4.69, 9.17) is 10.5 Å². The number of rotatable bonds is 14. The monoisotopic (exact) mass is 557 g/mol.